The molecule has 4 rings (SSSR count). The molecule has 9 heteroatoms. The van der Waals surface area contributed by atoms with Crippen molar-refractivity contribution in [2.24, 2.45) is 11.8 Å². The molecule has 2 aromatic heterocycles. The Hall–Kier alpha value is -3.20. The van der Waals surface area contributed by atoms with E-state index in [0.29, 0.717) is 57.9 Å². The summed E-state index contributed by atoms with van der Waals surface area (Å²) < 4.78 is 6.69. The lowest BCUT2D eigenvalue weighted by Gasteiger charge is -2.35. The standard InChI is InChI=1S/C25H30N4O4S/c1-15-9-16(2)12-28(11-15)20(30)13-29-14-27-24-21(25(29)32)17(3)22(34-24)23(31)26-10-18-7-5-6-8-19(18)33-4/h5-8,14-16H,9-13H2,1-4H3,(H,26,31)/t15-,16-/m1/s1. The molecule has 1 aliphatic rings. The summed E-state index contributed by atoms with van der Waals surface area (Å²) in [4.78, 5) is 46.2. The third kappa shape index (κ3) is 4.84. The first-order valence-corrected chi connectivity index (χ1v) is 12.3. The van der Waals surface area contributed by atoms with Gasteiger partial charge in [0.15, 0.2) is 0 Å². The molecule has 0 saturated carbocycles. The van der Waals surface area contributed by atoms with Crippen LogP contribution in [0.4, 0.5) is 0 Å². The Morgan fingerprint density at radius 1 is 1.21 bits per heavy atom. The van der Waals surface area contributed by atoms with Crippen LogP contribution < -0.4 is 15.6 Å². The number of nitrogens with one attached hydrogen (secondary N) is 1. The third-order valence-corrected chi connectivity index (χ3v) is 7.48. The predicted molar refractivity (Wildman–Crippen MR) is 132 cm³/mol. The first-order valence-electron chi connectivity index (χ1n) is 11.4. The van der Waals surface area contributed by atoms with Crippen molar-refractivity contribution < 1.29 is 14.3 Å². The van der Waals surface area contributed by atoms with E-state index in [-0.39, 0.29) is 23.9 Å². The van der Waals surface area contributed by atoms with Crippen LogP contribution in [-0.4, -0.2) is 46.5 Å². The Labute approximate surface area is 202 Å². The second-order valence-electron chi connectivity index (χ2n) is 9.15. The van der Waals surface area contributed by atoms with Gasteiger partial charge in [0.1, 0.15) is 17.1 Å². The van der Waals surface area contributed by atoms with Gasteiger partial charge >= 0.3 is 0 Å². The van der Waals surface area contributed by atoms with E-state index in [1.54, 1.807) is 14.0 Å². The molecule has 0 radical (unpaired) electrons. The molecule has 1 N–H and O–H groups in total. The minimum atomic E-state index is -0.297. The van der Waals surface area contributed by atoms with Crippen molar-refractivity contribution in [2.45, 2.75) is 40.3 Å². The molecule has 2 atom stereocenters. The summed E-state index contributed by atoms with van der Waals surface area (Å²) in [5.74, 6) is 1.23. The maximum atomic E-state index is 13.2. The highest BCUT2D eigenvalue weighted by molar-refractivity contribution is 7.20. The number of piperidine rings is 1. The third-order valence-electron chi connectivity index (χ3n) is 6.28. The number of hydrogen-bond acceptors (Lipinski definition) is 6. The average molecular weight is 483 g/mol. The van der Waals surface area contributed by atoms with E-state index in [1.165, 1.54) is 22.2 Å². The van der Waals surface area contributed by atoms with E-state index < -0.39 is 0 Å². The first-order chi connectivity index (χ1) is 16.3. The van der Waals surface area contributed by atoms with Gasteiger partial charge in [0, 0.05) is 25.2 Å². The van der Waals surface area contributed by atoms with E-state index in [1.807, 2.05) is 29.2 Å². The van der Waals surface area contributed by atoms with Crippen LogP contribution in [0.15, 0.2) is 35.4 Å². The van der Waals surface area contributed by atoms with Crippen LogP contribution in [0, 0.1) is 18.8 Å². The molecule has 2 amide bonds. The number of carbonyl (C=O) groups is 2. The molecule has 0 aliphatic carbocycles. The van der Waals surface area contributed by atoms with Gasteiger partial charge < -0.3 is 15.0 Å². The molecule has 34 heavy (non-hydrogen) atoms. The van der Waals surface area contributed by atoms with Gasteiger partial charge in [-0.05, 0) is 36.8 Å². The molecule has 1 aromatic carbocycles. The lowest BCUT2D eigenvalue weighted by Crippen LogP contribution is -2.44. The normalized spacial score (nSPS) is 18.2. The molecular formula is C25H30N4O4S. The fourth-order valence-electron chi connectivity index (χ4n) is 4.71. The number of methoxy groups -OCH3 is 1. The molecule has 180 valence electrons. The van der Waals surface area contributed by atoms with Gasteiger partial charge in [-0.2, -0.15) is 0 Å². The number of benzene rings is 1. The van der Waals surface area contributed by atoms with E-state index in [2.05, 4.69) is 24.1 Å². The summed E-state index contributed by atoms with van der Waals surface area (Å²) in [5.41, 5.74) is 1.14. The topological polar surface area (TPSA) is 93.5 Å². The first kappa shape index (κ1) is 23.9. The number of rotatable bonds is 6. The summed E-state index contributed by atoms with van der Waals surface area (Å²) in [6.45, 7) is 7.71. The number of likely N-dealkylation sites (tertiary alicyclic amines) is 1. The Bertz CT molecular complexity index is 1270. The molecule has 3 aromatic rings. The van der Waals surface area contributed by atoms with Crippen molar-refractivity contribution in [1.29, 1.82) is 0 Å². The summed E-state index contributed by atoms with van der Waals surface area (Å²) >= 11 is 1.18. The quantitative estimate of drug-likeness (QED) is 0.582. The minimum absolute atomic E-state index is 0.0498. The zero-order chi connectivity index (χ0) is 24.4. The van der Waals surface area contributed by atoms with Crippen LogP contribution in [-0.2, 0) is 17.9 Å². The Kier molecular flexibility index (Phi) is 7.02. The van der Waals surface area contributed by atoms with Gasteiger partial charge in [-0.25, -0.2) is 4.98 Å². The number of para-hydroxylation sites is 1. The summed E-state index contributed by atoms with van der Waals surface area (Å²) in [6.07, 6.45) is 2.51. The fourth-order valence-corrected chi connectivity index (χ4v) is 5.76. The summed E-state index contributed by atoms with van der Waals surface area (Å²) in [7, 11) is 1.59. The number of amides is 2. The number of aryl methyl sites for hydroxylation is 1. The van der Waals surface area contributed by atoms with Crippen molar-refractivity contribution in [3.8, 4) is 5.75 Å². The number of ether oxygens (including phenoxy) is 1. The molecule has 0 spiro atoms. The van der Waals surface area contributed by atoms with Crippen LogP contribution in [0.25, 0.3) is 10.2 Å². The number of carbonyl (C=O) groups excluding carboxylic acids is 2. The molecule has 8 nitrogen and oxygen atoms in total. The maximum absolute atomic E-state index is 13.2. The van der Waals surface area contributed by atoms with Gasteiger partial charge in [0.05, 0.1) is 23.7 Å². The van der Waals surface area contributed by atoms with Gasteiger partial charge in [-0.3, -0.25) is 19.0 Å². The van der Waals surface area contributed by atoms with Gasteiger partial charge in [-0.1, -0.05) is 32.0 Å². The van der Waals surface area contributed by atoms with Crippen LogP contribution in [0.1, 0.15) is 41.1 Å². The van der Waals surface area contributed by atoms with Gasteiger partial charge in [0.2, 0.25) is 5.91 Å². The number of aromatic nitrogens is 2. The Morgan fingerprint density at radius 2 is 1.91 bits per heavy atom. The fraction of sp³-hybridized carbons (Fsp3) is 0.440. The lowest BCUT2D eigenvalue weighted by molar-refractivity contribution is -0.134. The highest BCUT2D eigenvalue weighted by atomic mass is 32.1. The van der Waals surface area contributed by atoms with Crippen molar-refractivity contribution in [3.63, 3.8) is 0 Å². The van der Waals surface area contributed by atoms with Gasteiger partial charge in [-0.15, -0.1) is 11.3 Å². The summed E-state index contributed by atoms with van der Waals surface area (Å²) in [5, 5.41) is 3.30. The highest BCUT2D eigenvalue weighted by Gasteiger charge is 2.26. The van der Waals surface area contributed by atoms with Crippen molar-refractivity contribution in [1.82, 2.24) is 19.8 Å². The van der Waals surface area contributed by atoms with E-state index in [0.717, 1.165) is 12.0 Å². The SMILES string of the molecule is COc1ccccc1CNC(=O)c1sc2ncn(CC(=O)N3C[C@H](C)C[C@@H](C)C3)c(=O)c2c1C. The molecule has 0 bridgehead atoms. The predicted octanol–water partition coefficient (Wildman–Crippen LogP) is 3.21. The average Bonchev–Trinajstić information content (AvgIpc) is 3.15. The van der Waals surface area contributed by atoms with E-state index in [9.17, 15) is 14.4 Å². The van der Waals surface area contributed by atoms with Crippen LogP contribution in [0.2, 0.25) is 0 Å². The zero-order valence-electron chi connectivity index (χ0n) is 20.0. The van der Waals surface area contributed by atoms with Crippen molar-refractivity contribution in [3.05, 3.63) is 57.0 Å². The van der Waals surface area contributed by atoms with Crippen LogP contribution >= 0.6 is 11.3 Å². The number of fused-ring (bicyclic) bond motifs is 1. The van der Waals surface area contributed by atoms with Crippen LogP contribution in [0.3, 0.4) is 0 Å². The monoisotopic (exact) mass is 482 g/mol. The largest absolute Gasteiger partial charge is 0.496 e. The van der Waals surface area contributed by atoms with Crippen LogP contribution in [0.5, 0.6) is 5.75 Å². The molecule has 1 saturated heterocycles. The lowest BCUT2D eigenvalue weighted by atomic mass is 9.92. The Balaban J connectivity index is 1.53. The van der Waals surface area contributed by atoms with Crippen molar-refractivity contribution >= 4 is 33.4 Å². The number of nitrogens with zero attached hydrogens (tertiary/aromatic N) is 3. The van der Waals surface area contributed by atoms with E-state index in [4.69, 9.17) is 4.74 Å². The number of thiophene rings is 1. The molecule has 1 aliphatic heterocycles. The molecule has 1 fully saturated rings. The smallest absolute Gasteiger partial charge is 0.262 e. The Morgan fingerprint density at radius 3 is 2.62 bits per heavy atom. The van der Waals surface area contributed by atoms with Gasteiger partial charge in [0.25, 0.3) is 11.5 Å². The maximum Gasteiger partial charge on any atom is 0.262 e. The summed E-state index contributed by atoms with van der Waals surface area (Å²) in [6, 6.07) is 7.48. The second-order valence-corrected chi connectivity index (χ2v) is 10.2. The molecule has 3 heterocycles. The minimum Gasteiger partial charge on any atom is -0.496 e. The zero-order valence-corrected chi connectivity index (χ0v) is 20.8. The number of hydrogen-bond donors (Lipinski definition) is 1. The second kappa shape index (κ2) is 9.97. The molecular weight excluding hydrogens is 452 g/mol. The van der Waals surface area contributed by atoms with Crippen molar-refractivity contribution in [2.75, 3.05) is 20.2 Å². The highest BCUT2D eigenvalue weighted by Crippen LogP contribution is 2.27. The van der Waals surface area contributed by atoms with E-state index >= 15 is 0 Å². The molecule has 0 unspecified atom stereocenters.